The van der Waals surface area contributed by atoms with Gasteiger partial charge in [-0.3, -0.25) is 5.41 Å². The third-order valence-corrected chi connectivity index (χ3v) is 3.03. The molecule has 0 atom stereocenters. The van der Waals surface area contributed by atoms with E-state index in [1.165, 1.54) is 0 Å². The van der Waals surface area contributed by atoms with E-state index in [2.05, 4.69) is 0 Å². The molecule has 112 valence electrons. The summed E-state index contributed by atoms with van der Waals surface area (Å²) in [7, 11) is 1.55. The van der Waals surface area contributed by atoms with Crippen LogP contribution in [0.2, 0.25) is 5.02 Å². The highest BCUT2D eigenvalue weighted by Crippen LogP contribution is 2.28. The molecule has 0 fully saturated rings. The fourth-order valence-corrected chi connectivity index (χ4v) is 1.82. The van der Waals surface area contributed by atoms with Gasteiger partial charge in [-0.05, 0) is 35.9 Å². The maximum Gasteiger partial charge on any atom is 0.161 e. The Morgan fingerprint density at radius 1 is 1.14 bits per heavy atom. The van der Waals surface area contributed by atoms with Gasteiger partial charge in [-0.25, -0.2) is 0 Å². The number of halogens is 2. The highest BCUT2D eigenvalue weighted by atomic mass is 35.5. The van der Waals surface area contributed by atoms with Crippen molar-refractivity contribution in [3.05, 3.63) is 58.6 Å². The van der Waals surface area contributed by atoms with Crippen LogP contribution in [0, 0.1) is 5.41 Å². The van der Waals surface area contributed by atoms with Gasteiger partial charge >= 0.3 is 0 Å². The van der Waals surface area contributed by atoms with Crippen molar-refractivity contribution in [3.8, 4) is 11.5 Å². The molecule has 0 heterocycles. The van der Waals surface area contributed by atoms with Crippen LogP contribution < -0.4 is 15.2 Å². The Balaban J connectivity index is 0.00000220. The number of hydrogen-bond acceptors (Lipinski definition) is 3. The summed E-state index contributed by atoms with van der Waals surface area (Å²) in [5, 5.41) is 8.09. The molecule has 6 heteroatoms. The van der Waals surface area contributed by atoms with E-state index < -0.39 is 0 Å². The third-order valence-electron chi connectivity index (χ3n) is 2.78. The van der Waals surface area contributed by atoms with Crippen molar-refractivity contribution < 1.29 is 9.47 Å². The van der Waals surface area contributed by atoms with Crippen molar-refractivity contribution >= 4 is 29.8 Å². The molecule has 0 saturated carbocycles. The number of methoxy groups -OCH3 is 1. The fraction of sp³-hybridized carbons (Fsp3) is 0.133. The van der Waals surface area contributed by atoms with Gasteiger partial charge in [-0.2, -0.15) is 0 Å². The second-order valence-electron chi connectivity index (χ2n) is 4.19. The van der Waals surface area contributed by atoms with Gasteiger partial charge in [-0.1, -0.05) is 23.7 Å². The number of rotatable bonds is 5. The SMILES string of the molecule is COc1cc(C(=N)N)ccc1OCc1ccc(Cl)cc1.Cl. The predicted molar refractivity (Wildman–Crippen MR) is 87.0 cm³/mol. The first kappa shape index (κ1) is 17.1. The lowest BCUT2D eigenvalue weighted by Crippen LogP contribution is -2.11. The first-order valence-corrected chi connectivity index (χ1v) is 6.37. The van der Waals surface area contributed by atoms with Gasteiger partial charge < -0.3 is 15.2 Å². The quantitative estimate of drug-likeness (QED) is 0.651. The van der Waals surface area contributed by atoms with Gasteiger partial charge in [0.15, 0.2) is 11.5 Å². The molecule has 0 saturated heterocycles. The molecule has 0 aromatic heterocycles. The van der Waals surface area contributed by atoms with E-state index in [9.17, 15) is 0 Å². The fourth-order valence-electron chi connectivity index (χ4n) is 1.70. The Bertz CT molecular complexity index is 616. The number of nitrogens with two attached hydrogens (primary N) is 1. The van der Waals surface area contributed by atoms with Crippen LogP contribution in [0.25, 0.3) is 0 Å². The van der Waals surface area contributed by atoms with Gasteiger partial charge in [0, 0.05) is 10.6 Å². The minimum atomic E-state index is -0.00690. The molecule has 3 N–H and O–H groups in total. The van der Waals surface area contributed by atoms with E-state index in [1.807, 2.05) is 24.3 Å². The van der Waals surface area contributed by atoms with Crippen molar-refractivity contribution in [2.45, 2.75) is 6.61 Å². The topological polar surface area (TPSA) is 68.3 Å². The first-order valence-electron chi connectivity index (χ1n) is 6.00. The number of amidine groups is 1. The van der Waals surface area contributed by atoms with Crippen molar-refractivity contribution in [2.75, 3.05) is 7.11 Å². The van der Waals surface area contributed by atoms with E-state index in [0.717, 1.165) is 5.56 Å². The summed E-state index contributed by atoms with van der Waals surface area (Å²) in [4.78, 5) is 0. The van der Waals surface area contributed by atoms with Crippen molar-refractivity contribution in [3.63, 3.8) is 0 Å². The predicted octanol–water partition coefficient (Wildman–Crippen LogP) is 3.63. The lowest BCUT2D eigenvalue weighted by molar-refractivity contribution is 0.284. The number of ether oxygens (including phenoxy) is 2. The Labute approximate surface area is 134 Å². The van der Waals surface area contributed by atoms with Crippen molar-refractivity contribution in [2.24, 2.45) is 5.73 Å². The molecule has 2 aromatic rings. The minimum absolute atomic E-state index is 0. The standard InChI is InChI=1S/C15H15ClN2O2.ClH/c1-19-14-8-11(15(17)18)4-7-13(14)20-9-10-2-5-12(16)6-3-10;/h2-8H,9H2,1H3,(H3,17,18);1H. The van der Waals surface area contributed by atoms with Gasteiger partial charge in [0.25, 0.3) is 0 Å². The average molecular weight is 327 g/mol. The Hall–Kier alpha value is -1.91. The van der Waals surface area contributed by atoms with E-state index in [-0.39, 0.29) is 18.2 Å². The smallest absolute Gasteiger partial charge is 0.161 e. The zero-order chi connectivity index (χ0) is 14.5. The van der Waals surface area contributed by atoms with Gasteiger partial charge in [-0.15, -0.1) is 12.4 Å². The molecule has 4 nitrogen and oxygen atoms in total. The zero-order valence-electron chi connectivity index (χ0n) is 11.4. The Kier molecular flexibility index (Phi) is 6.34. The molecule has 0 aliphatic rings. The molecule has 0 radical (unpaired) electrons. The second-order valence-corrected chi connectivity index (χ2v) is 4.63. The molecule has 0 amide bonds. The molecule has 0 aliphatic carbocycles. The molecule has 0 bridgehead atoms. The molecular weight excluding hydrogens is 311 g/mol. The molecule has 0 spiro atoms. The molecular formula is C15H16Cl2N2O2. The van der Waals surface area contributed by atoms with Gasteiger partial charge in [0.05, 0.1) is 7.11 Å². The average Bonchev–Trinajstić information content (AvgIpc) is 2.46. The Morgan fingerprint density at radius 2 is 1.81 bits per heavy atom. The van der Waals surface area contributed by atoms with Crippen molar-refractivity contribution in [1.29, 1.82) is 5.41 Å². The largest absolute Gasteiger partial charge is 0.493 e. The normalized spacial score (nSPS) is 9.62. The zero-order valence-corrected chi connectivity index (χ0v) is 13.0. The summed E-state index contributed by atoms with van der Waals surface area (Å²) in [6.07, 6.45) is 0. The van der Waals surface area contributed by atoms with Crippen LogP contribution >= 0.6 is 24.0 Å². The molecule has 2 rings (SSSR count). The van der Waals surface area contributed by atoms with E-state index in [0.29, 0.717) is 28.7 Å². The third kappa shape index (κ3) is 4.55. The summed E-state index contributed by atoms with van der Waals surface area (Å²) in [5.41, 5.74) is 7.05. The van der Waals surface area contributed by atoms with Crippen LogP contribution in [0.3, 0.4) is 0 Å². The van der Waals surface area contributed by atoms with Crippen LogP contribution in [-0.4, -0.2) is 12.9 Å². The first-order chi connectivity index (χ1) is 9.60. The molecule has 0 unspecified atom stereocenters. The van der Waals surface area contributed by atoms with Crippen LogP contribution in [0.5, 0.6) is 11.5 Å². The highest BCUT2D eigenvalue weighted by Gasteiger charge is 2.07. The summed E-state index contributed by atoms with van der Waals surface area (Å²) >= 11 is 5.83. The number of hydrogen-bond donors (Lipinski definition) is 2. The summed E-state index contributed by atoms with van der Waals surface area (Å²) in [5.74, 6) is 1.15. The van der Waals surface area contributed by atoms with E-state index >= 15 is 0 Å². The lowest BCUT2D eigenvalue weighted by Gasteiger charge is -2.12. The number of benzene rings is 2. The number of nitrogens with one attached hydrogen (secondary N) is 1. The number of nitrogen functional groups attached to an aromatic ring is 1. The summed E-state index contributed by atoms with van der Waals surface area (Å²) in [6.45, 7) is 0.410. The summed E-state index contributed by atoms with van der Waals surface area (Å²) in [6, 6.07) is 12.6. The highest BCUT2D eigenvalue weighted by molar-refractivity contribution is 6.30. The van der Waals surface area contributed by atoms with Crippen LogP contribution in [0.15, 0.2) is 42.5 Å². The van der Waals surface area contributed by atoms with Crippen LogP contribution in [0.4, 0.5) is 0 Å². The van der Waals surface area contributed by atoms with Gasteiger partial charge in [0.2, 0.25) is 0 Å². The maximum atomic E-state index is 7.40. The maximum absolute atomic E-state index is 7.40. The van der Waals surface area contributed by atoms with Crippen LogP contribution in [-0.2, 0) is 6.61 Å². The minimum Gasteiger partial charge on any atom is -0.493 e. The van der Waals surface area contributed by atoms with E-state index in [4.69, 9.17) is 32.2 Å². The second kappa shape index (κ2) is 7.76. The van der Waals surface area contributed by atoms with Gasteiger partial charge in [0.1, 0.15) is 12.4 Å². The molecule has 21 heavy (non-hydrogen) atoms. The van der Waals surface area contributed by atoms with Crippen LogP contribution in [0.1, 0.15) is 11.1 Å². The molecule has 2 aromatic carbocycles. The Morgan fingerprint density at radius 3 is 2.38 bits per heavy atom. The monoisotopic (exact) mass is 326 g/mol. The van der Waals surface area contributed by atoms with Crippen molar-refractivity contribution in [1.82, 2.24) is 0 Å². The molecule has 0 aliphatic heterocycles. The lowest BCUT2D eigenvalue weighted by atomic mass is 10.2. The summed E-state index contributed by atoms with van der Waals surface area (Å²) < 4.78 is 11.0. The van der Waals surface area contributed by atoms with E-state index in [1.54, 1.807) is 25.3 Å².